The number of benzene rings is 1. The maximum atomic E-state index is 12.8. The third-order valence-corrected chi connectivity index (χ3v) is 6.28. The number of carbonyl (C=O) groups is 1. The quantitative estimate of drug-likeness (QED) is 0.747. The fourth-order valence-electron chi connectivity index (χ4n) is 5.28. The van der Waals surface area contributed by atoms with Gasteiger partial charge in [-0.2, -0.15) is 0 Å². The summed E-state index contributed by atoms with van der Waals surface area (Å²) in [6.45, 7) is 7.47. The smallest absolute Gasteiger partial charge is 0.149 e. The van der Waals surface area contributed by atoms with E-state index >= 15 is 0 Å². The predicted octanol–water partition coefficient (Wildman–Crippen LogP) is 3.11. The average molecular weight is 342 g/mol. The van der Waals surface area contributed by atoms with E-state index in [1.54, 1.807) is 0 Å². The highest BCUT2D eigenvalue weighted by molar-refractivity contribution is 6.30. The van der Waals surface area contributed by atoms with Gasteiger partial charge in [-0.3, -0.25) is 14.6 Å². The molecule has 1 aromatic heterocycles. The molecule has 0 radical (unpaired) electrons. The lowest BCUT2D eigenvalue weighted by atomic mass is 9.62. The van der Waals surface area contributed by atoms with Crippen LogP contribution in [0.1, 0.15) is 25.6 Å². The molecule has 0 atom stereocenters. The summed E-state index contributed by atoms with van der Waals surface area (Å²) in [6.07, 6.45) is 0.129. The zero-order valence-corrected chi connectivity index (χ0v) is 14.7. The molecule has 124 valence electrons. The van der Waals surface area contributed by atoms with Crippen LogP contribution in [0.3, 0.4) is 0 Å². The number of halogens is 1. The van der Waals surface area contributed by atoms with Crippen molar-refractivity contribution in [1.29, 1.82) is 0 Å². The van der Waals surface area contributed by atoms with Crippen LogP contribution in [0.15, 0.2) is 30.3 Å². The van der Waals surface area contributed by atoms with E-state index in [0.717, 1.165) is 42.6 Å². The molecule has 0 saturated carbocycles. The van der Waals surface area contributed by atoms with Crippen molar-refractivity contribution < 1.29 is 4.79 Å². The number of hydrogen-bond acceptors (Lipinski definition) is 4. The molecule has 24 heavy (non-hydrogen) atoms. The minimum absolute atomic E-state index is 0.129. The van der Waals surface area contributed by atoms with Crippen LogP contribution < -0.4 is 0 Å². The predicted molar refractivity (Wildman–Crippen MR) is 93.9 cm³/mol. The van der Waals surface area contributed by atoms with Crippen molar-refractivity contribution >= 4 is 28.3 Å². The number of aromatic nitrogens is 1. The molecule has 4 aliphatic rings. The van der Waals surface area contributed by atoms with Crippen LogP contribution in [0, 0.1) is 10.8 Å². The first-order chi connectivity index (χ1) is 11.4. The number of pyridine rings is 1. The molecule has 4 fully saturated rings. The maximum Gasteiger partial charge on any atom is 0.149 e. The van der Waals surface area contributed by atoms with Gasteiger partial charge in [0.05, 0.1) is 22.5 Å². The molecule has 6 rings (SSSR count). The second-order valence-electron chi connectivity index (χ2n) is 8.20. The minimum atomic E-state index is -0.251. The first kappa shape index (κ1) is 14.8. The Labute approximate surface area is 146 Å². The van der Waals surface area contributed by atoms with Gasteiger partial charge in [0, 0.05) is 37.1 Å². The molecule has 4 nitrogen and oxygen atoms in total. The summed E-state index contributed by atoms with van der Waals surface area (Å²) in [5, 5.41) is 1.69. The van der Waals surface area contributed by atoms with Crippen LogP contribution in [-0.4, -0.2) is 46.7 Å². The summed E-state index contributed by atoms with van der Waals surface area (Å²) in [4.78, 5) is 22.3. The first-order valence-electron chi connectivity index (χ1n) is 8.48. The van der Waals surface area contributed by atoms with Crippen molar-refractivity contribution in [2.75, 3.05) is 26.2 Å². The van der Waals surface area contributed by atoms with E-state index in [1.807, 2.05) is 18.2 Å². The first-order valence-corrected chi connectivity index (χ1v) is 8.86. The van der Waals surface area contributed by atoms with Crippen molar-refractivity contribution in [3.8, 4) is 0 Å². The molecular weight excluding hydrogens is 322 g/mol. The second-order valence-corrected chi connectivity index (χ2v) is 8.55. The van der Waals surface area contributed by atoms with Gasteiger partial charge in [-0.1, -0.05) is 43.6 Å². The van der Waals surface area contributed by atoms with Crippen molar-refractivity contribution in [1.82, 2.24) is 14.8 Å². The molecule has 4 bridgehead atoms. The molecule has 0 aliphatic carbocycles. The minimum Gasteiger partial charge on any atom is -0.298 e. The highest BCUT2D eigenvalue weighted by atomic mass is 35.5. The Kier molecular flexibility index (Phi) is 2.82. The van der Waals surface area contributed by atoms with E-state index < -0.39 is 0 Å². The summed E-state index contributed by atoms with van der Waals surface area (Å²) in [5.74, 6) is 0.434. The summed E-state index contributed by atoms with van der Waals surface area (Å²) < 4.78 is 0. The fraction of sp³-hybridized carbons (Fsp3) is 0.474. The van der Waals surface area contributed by atoms with Gasteiger partial charge in [-0.25, -0.2) is 4.98 Å². The van der Waals surface area contributed by atoms with Crippen molar-refractivity contribution in [2.24, 2.45) is 10.8 Å². The molecular formula is C19H20ClN3O. The number of fused-ring (bicyclic) bond motifs is 1. The van der Waals surface area contributed by atoms with Gasteiger partial charge in [0.2, 0.25) is 0 Å². The van der Waals surface area contributed by atoms with Gasteiger partial charge in [-0.15, -0.1) is 0 Å². The molecule has 1 aromatic carbocycles. The number of rotatable bonds is 1. The molecule has 5 heteroatoms. The topological polar surface area (TPSA) is 36.4 Å². The summed E-state index contributed by atoms with van der Waals surface area (Å²) >= 11 is 6.56. The Morgan fingerprint density at radius 3 is 2.29 bits per heavy atom. The summed E-state index contributed by atoms with van der Waals surface area (Å²) in [6, 6.07) is 10.2. The van der Waals surface area contributed by atoms with Gasteiger partial charge in [0.15, 0.2) is 0 Å². The van der Waals surface area contributed by atoms with Crippen LogP contribution in [0.2, 0.25) is 5.15 Å². The van der Waals surface area contributed by atoms with Crippen molar-refractivity contribution in [3.63, 3.8) is 0 Å². The van der Waals surface area contributed by atoms with Crippen molar-refractivity contribution in [3.05, 3.63) is 41.0 Å². The number of carbonyl (C=O) groups excluding carboxylic acids is 1. The number of ketones is 1. The molecule has 4 aliphatic heterocycles. The van der Waals surface area contributed by atoms with Gasteiger partial charge < -0.3 is 0 Å². The van der Waals surface area contributed by atoms with Gasteiger partial charge in [0.25, 0.3) is 0 Å². The zero-order valence-electron chi connectivity index (χ0n) is 13.9. The Morgan fingerprint density at radius 2 is 1.67 bits per heavy atom. The third kappa shape index (κ3) is 1.82. The third-order valence-electron chi connectivity index (χ3n) is 5.98. The largest absolute Gasteiger partial charge is 0.298 e. The summed E-state index contributed by atoms with van der Waals surface area (Å²) in [7, 11) is 0. The number of nitrogens with zero attached hydrogens (tertiary/aromatic N) is 3. The van der Waals surface area contributed by atoms with Crippen LogP contribution in [0.25, 0.3) is 10.9 Å². The number of Topliss-reactive ketones (excluding diaryl/α,β-unsaturated/α-hetero) is 1. The Morgan fingerprint density at radius 1 is 1.08 bits per heavy atom. The van der Waals surface area contributed by atoms with E-state index in [4.69, 9.17) is 11.6 Å². The maximum absolute atomic E-state index is 12.8. The lowest BCUT2D eigenvalue weighted by Crippen LogP contribution is -2.75. The Hall–Kier alpha value is -1.49. The highest BCUT2D eigenvalue weighted by Gasteiger charge is 2.62. The Bertz CT molecular complexity index is 840. The number of para-hydroxylation sites is 1. The second kappa shape index (κ2) is 4.57. The molecule has 0 amide bonds. The molecule has 0 unspecified atom stereocenters. The van der Waals surface area contributed by atoms with Crippen LogP contribution in [0.4, 0.5) is 0 Å². The normalized spacial score (nSPS) is 40.5. The number of hydrogen-bond donors (Lipinski definition) is 0. The SMILES string of the molecule is CC12CN3CC(C)(CN(C1)C3c1cc3ccccc3nc1Cl)C2=O. The van der Waals surface area contributed by atoms with Gasteiger partial charge >= 0.3 is 0 Å². The van der Waals surface area contributed by atoms with E-state index in [0.29, 0.717) is 10.9 Å². The van der Waals surface area contributed by atoms with E-state index in [9.17, 15) is 4.79 Å². The monoisotopic (exact) mass is 341 g/mol. The van der Waals surface area contributed by atoms with E-state index in [2.05, 4.69) is 40.8 Å². The van der Waals surface area contributed by atoms with Gasteiger partial charge in [0.1, 0.15) is 10.9 Å². The lowest BCUT2D eigenvalue weighted by Gasteiger charge is -2.64. The van der Waals surface area contributed by atoms with Crippen LogP contribution >= 0.6 is 11.6 Å². The van der Waals surface area contributed by atoms with Crippen LogP contribution in [0.5, 0.6) is 0 Å². The Balaban J connectivity index is 1.62. The van der Waals surface area contributed by atoms with Crippen LogP contribution in [-0.2, 0) is 4.79 Å². The standard InChI is InChI=1S/C19H20ClN3O/c1-18-8-22-10-19(2,17(18)24)11-23(9-18)16(22)13-7-12-5-3-4-6-14(12)21-15(13)20/h3-7,16H,8-11H2,1-2H3. The zero-order chi connectivity index (χ0) is 16.7. The van der Waals surface area contributed by atoms with Crippen molar-refractivity contribution in [2.45, 2.75) is 20.0 Å². The molecule has 4 saturated heterocycles. The van der Waals surface area contributed by atoms with E-state index in [1.165, 1.54) is 0 Å². The fourth-order valence-corrected chi connectivity index (χ4v) is 5.52. The summed E-state index contributed by atoms with van der Waals surface area (Å²) in [5.41, 5.74) is 1.49. The lowest BCUT2D eigenvalue weighted by molar-refractivity contribution is -0.197. The molecule has 2 aromatic rings. The van der Waals surface area contributed by atoms with E-state index in [-0.39, 0.29) is 17.0 Å². The average Bonchev–Trinajstić information content (AvgIpc) is 2.51. The highest BCUT2D eigenvalue weighted by Crippen LogP contribution is 2.52. The molecule has 0 spiro atoms. The number of piperidine rings is 2. The molecule has 5 heterocycles. The molecule has 0 N–H and O–H groups in total. The van der Waals surface area contributed by atoms with Gasteiger partial charge in [-0.05, 0) is 12.1 Å².